The van der Waals surface area contributed by atoms with Gasteiger partial charge in [-0.05, 0) is 30.3 Å². The van der Waals surface area contributed by atoms with Crippen molar-refractivity contribution >= 4 is 28.5 Å². The van der Waals surface area contributed by atoms with Gasteiger partial charge < -0.3 is 10.1 Å². The summed E-state index contributed by atoms with van der Waals surface area (Å²) in [7, 11) is 1.26. The average molecular weight is 355 g/mol. The average Bonchev–Trinajstić information content (AvgIpc) is 2.63. The summed E-state index contributed by atoms with van der Waals surface area (Å²) in [5, 5.41) is 2.82. The van der Waals surface area contributed by atoms with Crippen molar-refractivity contribution in [1.29, 1.82) is 0 Å². The van der Waals surface area contributed by atoms with Gasteiger partial charge in [0.25, 0.3) is 5.56 Å². The summed E-state index contributed by atoms with van der Waals surface area (Å²) < 4.78 is 18.9. The Morgan fingerprint density at radius 1 is 1.23 bits per heavy atom. The Kier molecular flexibility index (Phi) is 4.74. The first-order valence-electron chi connectivity index (χ1n) is 7.61. The highest BCUT2D eigenvalue weighted by molar-refractivity contribution is 5.94. The molecule has 0 atom stereocenters. The van der Waals surface area contributed by atoms with E-state index in [9.17, 15) is 18.8 Å². The molecule has 0 spiro atoms. The van der Waals surface area contributed by atoms with E-state index in [0.29, 0.717) is 5.69 Å². The first kappa shape index (κ1) is 17.3. The zero-order valence-electron chi connectivity index (χ0n) is 13.7. The molecule has 1 amide bonds. The second kappa shape index (κ2) is 7.14. The number of carbonyl (C=O) groups is 2. The van der Waals surface area contributed by atoms with Gasteiger partial charge in [0.05, 0.1) is 29.9 Å². The summed E-state index contributed by atoms with van der Waals surface area (Å²) in [6.45, 7) is -0.276. The fraction of sp³-hybridized carbons (Fsp3) is 0.111. The molecule has 0 bridgehead atoms. The molecule has 7 nitrogen and oxygen atoms in total. The number of nitrogens with zero attached hydrogens (tertiary/aromatic N) is 2. The summed E-state index contributed by atoms with van der Waals surface area (Å²) in [6, 6.07) is 9.86. The van der Waals surface area contributed by atoms with Crippen molar-refractivity contribution in [3.63, 3.8) is 0 Å². The maximum absolute atomic E-state index is 13.2. The van der Waals surface area contributed by atoms with E-state index in [-0.39, 0.29) is 23.0 Å². The van der Waals surface area contributed by atoms with Gasteiger partial charge in [-0.25, -0.2) is 14.2 Å². The number of methoxy groups -OCH3 is 1. The second-order valence-corrected chi connectivity index (χ2v) is 5.46. The van der Waals surface area contributed by atoms with Gasteiger partial charge in [-0.2, -0.15) is 0 Å². The summed E-state index contributed by atoms with van der Waals surface area (Å²) in [6.07, 6.45) is 1.19. The summed E-state index contributed by atoms with van der Waals surface area (Å²) in [5.41, 5.74) is 0.449. The van der Waals surface area contributed by atoms with E-state index in [0.717, 1.165) is 16.7 Å². The number of hydrogen-bond acceptors (Lipinski definition) is 5. The Morgan fingerprint density at radius 3 is 2.81 bits per heavy atom. The number of amides is 1. The lowest BCUT2D eigenvalue weighted by Crippen LogP contribution is -2.28. The fourth-order valence-electron chi connectivity index (χ4n) is 2.44. The third-order valence-electron chi connectivity index (χ3n) is 3.67. The summed E-state index contributed by atoms with van der Waals surface area (Å²) in [5.74, 6) is -1.49. The molecule has 1 aromatic heterocycles. The lowest BCUT2D eigenvalue weighted by Gasteiger charge is -2.09. The number of rotatable bonds is 4. The molecule has 2 aromatic carbocycles. The van der Waals surface area contributed by atoms with Crippen LogP contribution in [0.3, 0.4) is 0 Å². The van der Waals surface area contributed by atoms with Crippen molar-refractivity contribution in [2.75, 3.05) is 12.4 Å². The molecule has 0 saturated carbocycles. The van der Waals surface area contributed by atoms with E-state index in [4.69, 9.17) is 0 Å². The lowest BCUT2D eigenvalue weighted by atomic mass is 10.2. The van der Waals surface area contributed by atoms with E-state index in [1.54, 1.807) is 18.2 Å². The van der Waals surface area contributed by atoms with E-state index in [1.165, 1.54) is 25.6 Å². The molecule has 1 N–H and O–H groups in total. The molecule has 0 radical (unpaired) electrons. The lowest BCUT2D eigenvalue weighted by molar-refractivity contribution is -0.116. The van der Waals surface area contributed by atoms with Crippen molar-refractivity contribution < 1.29 is 18.7 Å². The normalized spacial score (nSPS) is 10.5. The van der Waals surface area contributed by atoms with Crippen LogP contribution in [0.4, 0.5) is 10.1 Å². The van der Waals surface area contributed by atoms with Crippen LogP contribution in [0.2, 0.25) is 0 Å². The van der Waals surface area contributed by atoms with Gasteiger partial charge in [0.2, 0.25) is 5.91 Å². The van der Waals surface area contributed by atoms with Crippen LogP contribution >= 0.6 is 0 Å². The van der Waals surface area contributed by atoms with Crippen molar-refractivity contribution in [3.05, 3.63) is 70.5 Å². The van der Waals surface area contributed by atoms with E-state index in [1.807, 2.05) is 0 Å². The molecule has 0 aliphatic heterocycles. The topological polar surface area (TPSA) is 90.3 Å². The SMILES string of the molecule is COC(=O)c1cccc(NC(=O)Cn2cnc3cc(F)ccc3c2=O)c1. The second-order valence-electron chi connectivity index (χ2n) is 5.46. The van der Waals surface area contributed by atoms with Gasteiger partial charge >= 0.3 is 5.97 Å². The largest absolute Gasteiger partial charge is 0.465 e. The predicted molar refractivity (Wildman–Crippen MR) is 92.4 cm³/mol. The third-order valence-corrected chi connectivity index (χ3v) is 3.67. The number of aromatic nitrogens is 2. The first-order chi connectivity index (χ1) is 12.5. The number of nitrogens with one attached hydrogen (secondary N) is 1. The van der Waals surface area contributed by atoms with Gasteiger partial charge in [-0.1, -0.05) is 6.07 Å². The minimum atomic E-state index is -0.525. The molecule has 3 rings (SSSR count). The van der Waals surface area contributed by atoms with Crippen molar-refractivity contribution in [2.45, 2.75) is 6.54 Å². The van der Waals surface area contributed by atoms with Crippen LogP contribution in [-0.4, -0.2) is 28.5 Å². The van der Waals surface area contributed by atoms with Crippen LogP contribution < -0.4 is 10.9 Å². The first-order valence-corrected chi connectivity index (χ1v) is 7.61. The smallest absolute Gasteiger partial charge is 0.337 e. The van der Waals surface area contributed by atoms with E-state index < -0.39 is 23.3 Å². The number of halogens is 1. The number of esters is 1. The quantitative estimate of drug-likeness (QED) is 0.723. The van der Waals surface area contributed by atoms with Crippen LogP contribution in [0.25, 0.3) is 10.9 Å². The van der Waals surface area contributed by atoms with Crippen molar-refractivity contribution in [1.82, 2.24) is 9.55 Å². The molecule has 8 heteroatoms. The van der Waals surface area contributed by atoms with Gasteiger partial charge in [0, 0.05) is 11.8 Å². The Labute approximate surface area is 147 Å². The molecule has 0 unspecified atom stereocenters. The molecular formula is C18H14FN3O4. The van der Waals surface area contributed by atoms with Crippen molar-refractivity contribution in [2.24, 2.45) is 0 Å². The molecule has 26 heavy (non-hydrogen) atoms. The van der Waals surface area contributed by atoms with Crippen molar-refractivity contribution in [3.8, 4) is 0 Å². The Morgan fingerprint density at radius 2 is 2.04 bits per heavy atom. The predicted octanol–water partition coefficient (Wildman–Crippen LogP) is 1.96. The maximum Gasteiger partial charge on any atom is 0.337 e. The molecule has 0 fully saturated rings. The number of fused-ring (bicyclic) bond motifs is 1. The molecular weight excluding hydrogens is 341 g/mol. The molecule has 1 heterocycles. The van der Waals surface area contributed by atoms with Gasteiger partial charge in [-0.3, -0.25) is 14.2 Å². The van der Waals surface area contributed by atoms with E-state index >= 15 is 0 Å². The highest BCUT2D eigenvalue weighted by Crippen LogP contribution is 2.12. The number of anilines is 1. The zero-order valence-corrected chi connectivity index (χ0v) is 13.7. The van der Waals surface area contributed by atoms with Gasteiger partial charge in [0.1, 0.15) is 12.4 Å². The fourth-order valence-corrected chi connectivity index (χ4v) is 2.44. The standard InChI is InChI=1S/C18H14FN3O4/c1-26-18(25)11-3-2-4-13(7-11)21-16(23)9-22-10-20-15-8-12(19)5-6-14(15)17(22)24/h2-8,10H,9H2,1H3,(H,21,23). The van der Waals surface area contributed by atoms with Crippen LogP contribution in [0, 0.1) is 5.82 Å². The molecule has 132 valence electrons. The van der Waals surface area contributed by atoms with Crippen LogP contribution in [0.15, 0.2) is 53.6 Å². The summed E-state index contributed by atoms with van der Waals surface area (Å²) >= 11 is 0. The number of hydrogen-bond donors (Lipinski definition) is 1. The minimum absolute atomic E-state index is 0.217. The number of carbonyl (C=O) groups excluding carboxylic acids is 2. The molecule has 0 aliphatic carbocycles. The third kappa shape index (κ3) is 3.59. The highest BCUT2D eigenvalue weighted by Gasteiger charge is 2.11. The highest BCUT2D eigenvalue weighted by atomic mass is 19.1. The number of benzene rings is 2. The van der Waals surface area contributed by atoms with Crippen LogP contribution in [0.1, 0.15) is 10.4 Å². The van der Waals surface area contributed by atoms with Gasteiger partial charge in [0.15, 0.2) is 0 Å². The van der Waals surface area contributed by atoms with Gasteiger partial charge in [-0.15, -0.1) is 0 Å². The Hall–Kier alpha value is -3.55. The Balaban J connectivity index is 1.79. The van der Waals surface area contributed by atoms with Crippen LogP contribution in [0.5, 0.6) is 0 Å². The Bertz CT molecular complexity index is 1060. The van der Waals surface area contributed by atoms with E-state index in [2.05, 4.69) is 15.0 Å². The van der Waals surface area contributed by atoms with Crippen LogP contribution in [-0.2, 0) is 16.1 Å². The monoisotopic (exact) mass is 355 g/mol. The minimum Gasteiger partial charge on any atom is -0.465 e. The molecule has 0 aliphatic rings. The molecule has 0 saturated heterocycles. The maximum atomic E-state index is 13.2. The molecule has 3 aromatic rings. The zero-order chi connectivity index (χ0) is 18.7. The summed E-state index contributed by atoms with van der Waals surface area (Å²) in [4.78, 5) is 40.1. The number of ether oxygens (including phenoxy) is 1.